The van der Waals surface area contributed by atoms with Gasteiger partial charge < -0.3 is 5.32 Å². The first-order chi connectivity index (χ1) is 13.3. The minimum atomic E-state index is -0.223. The lowest BCUT2D eigenvalue weighted by Gasteiger charge is -2.47. The molecule has 0 saturated heterocycles. The highest BCUT2D eigenvalue weighted by atomic mass is 14.9. The molecule has 1 nitrogen and oxygen atoms in total. The fourth-order valence-corrected chi connectivity index (χ4v) is 5.05. The van der Waals surface area contributed by atoms with Crippen LogP contribution in [0, 0.1) is 5.92 Å². The second-order valence-corrected chi connectivity index (χ2v) is 7.79. The third kappa shape index (κ3) is 2.38. The van der Waals surface area contributed by atoms with E-state index >= 15 is 0 Å². The van der Waals surface area contributed by atoms with Gasteiger partial charge in [-0.15, -0.1) is 0 Å². The predicted molar refractivity (Wildman–Crippen MR) is 114 cm³/mol. The van der Waals surface area contributed by atoms with E-state index < -0.39 is 0 Å². The van der Waals surface area contributed by atoms with Gasteiger partial charge in [-0.05, 0) is 59.6 Å². The van der Waals surface area contributed by atoms with Gasteiger partial charge in [0.25, 0.3) is 0 Å². The zero-order valence-corrected chi connectivity index (χ0v) is 15.8. The van der Waals surface area contributed by atoms with Gasteiger partial charge in [-0.1, -0.05) is 79.8 Å². The van der Waals surface area contributed by atoms with Crippen molar-refractivity contribution in [2.24, 2.45) is 5.92 Å². The Labute approximate surface area is 161 Å². The van der Waals surface area contributed by atoms with Crippen molar-refractivity contribution in [3.63, 3.8) is 0 Å². The summed E-state index contributed by atoms with van der Waals surface area (Å²) in [5.41, 5.74) is 7.88. The summed E-state index contributed by atoms with van der Waals surface area (Å²) in [5, 5.41) is 3.69. The third-order valence-corrected chi connectivity index (χ3v) is 6.22. The molecule has 0 bridgehead atoms. The molecule has 2 aromatic rings. The molecule has 5 rings (SSSR count). The molecule has 134 valence electrons. The zero-order valence-electron chi connectivity index (χ0n) is 15.8. The first kappa shape index (κ1) is 16.4. The molecule has 1 aliphatic heterocycles. The number of hydrogen-bond donors (Lipinski definition) is 1. The van der Waals surface area contributed by atoms with Crippen molar-refractivity contribution in [1.29, 1.82) is 0 Å². The van der Waals surface area contributed by atoms with Crippen molar-refractivity contribution in [1.82, 2.24) is 0 Å². The van der Waals surface area contributed by atoms with Crippen molar-refractivity contribution in [2.45, 2.75) is 31.6 Å². The van der Waals surface area contributed by atoms with Crippen LogP contribution in [-0.2, 0) is 5.41 Å². The van der Waals surface area contributed by atoms with Gasteiger partial charge in [0.05, 0.1) is 5.41 Å². The van der Waals surface area contributed by atoms with E-state index in [1.807, 2.05) is 0 Å². The molecule has 1 heteroatoms. The highest BCUT2D eigenvalue weighted by Gasteiger charge is 2.47. The van der Waals surface area contributed by atoms with Crippen molar-refractivity contribution in [2.75, 3.05) is 5.32 Å². The van der Waals surface area contributed by atoms with Gasteiger partial charge in [0.15, 0.2) is 0 Å². The number of fused-ring (bicyclic) bond motifs is 2. The lowest BCUT2D eigenvalue weighted by molar-refractivity contribution is 0.564. The van der Waals surface area contributed by atoms with E-state index in [1.54, 1.807) is 0 Å². The molecule has 0 aromatic heterocycles. The molecule has 0 amide bonds. The molecule has 3 aliphatic rings. The first-order valence-corrected chi connectivity index (χ1v) is 10.0. The molecule has 0 spiro atoms. The van der Waals surface area contributed by atoms with Crippen LogP contribution in [0.5, 0.6) is 0 Å². The van der Waals surface area contributed by atoms with Crippen molar-refractivity contribution in [3.8, 4) is 0 Å². The summed E-state index contributed by atoms with van der Waals surface area (Å²) in [6.45, 7) is 2.37. The molecule has 0 fully saturated rings. The van der Waals surface area contributed by atoms with Crippen molar-refractivity contribution < 1.29 is 0 Å². The van der Waals surface area contributed by atoms with Crippen LogP contribution < -0.4 is 5.32 Å². The summed E-state index contributed by atoms with van der Waals surface area (Å²) >= 11 is 0. The average molecular weight is 351 g/mol. The number of rotatable bonds is 2. The highest BCUT2D eigenvalue weighted by Crippen LogP contribution is 2.57. The van der Waals surface area contributed by atoms with Crippen LogP contribution >= 0.6 is 0 Å². The van der Waals surface area contributed by atoms with Gasteiger partial charge in [0, 0.05) is 11.4 Å². The highest BCUT2D eigenvalue weighted by molar-refractivity contribution is 5.82. The van der Waals surface area contributed by atoms with Crippen LogP contribution in [0.1, 0.15) is 37.3 Å². The molecule has 27 heavy (non-hydrogen) atoms. The molecule has 1 unspecified atom stereocenters. The average Bonchev–Trinajstić information content (AvgIpc) is 2.73. The number of hydrogen-bond acceptors (Lipinski definition) is 1. The van der Waals surface area contributed by atoms with Crippen molar-refractivity contribution in [3.05, 3.63) is 107 Å². The van der Waals surface area contributed by atoms with Gasteiger partial charge >= 0.3 is 0 Å². The van der Waals surface area contributed by atoms with E-state index in [0.29, 0.717) is 5.92 Å². The van der Waals surface area contributed by atoms with E-state index in [0.717, 1.165) is 19.3 Å². The van der Waals surface area contributed by atoms with Crippen LogP contribution in [0.4, 0.5) is 11.4 Å². The van der Waals surface area contributed by atoms with Crippen molar-refractivity contribution >= 4 is 11.4 Å². The van der Waals surface area contributed by atoms with Crippen LogP contribution in [-0.4, -0.2) is 0 Å². The van der Waals surface area contributed by atoms with Gasteiger partial charge in [-0.3, -0.25) is 0 Å². The number of allylic oxidation sites excluding steroid dienone is 8. The maximum atomic E-state index is 3.69. The summed E-state index contributed by atoms with van der Waals surface area (Å²) in [5.74, 6) is 0.505. The molecule has 0 saturated carbocycles. The summed E-state index contributed by atoms with van der Waals surface area (Å²) in [4.78, 5) is 0. The molecule has 0 radical (unpaired) electrons. The SMILES string of the molecule is CC1CC=CC=C1C1(C2=CCCC=C2)c2ccccc2Nc2ccccc21. The monoisotopic (exact) mass is 351 g/mol. The van der Waals surface area contributed by atoms with Gasteiger partial charge in [-0.2, -0.15) is 0 Å². The van der Waals surface area contributed by atoms with Crippen LogP contribution in [0.3, 0.4) is 0 Å². The van der Waals surface area contributed by atoms with Gasteiger partial charge in [-0.25, -0.2) is 0 Å². The predicted octanol–water partition coefficient (Wildman–Crippen LogP) is 6.83. The molecular formula is C26H25N. The van der Waals surface area contributed by atoms with Gasteiger partial charge in [0.1, 0.15) is 0 Å². The van der Waals surface area contributed by atoms with E-state index in [4.69, 9.17) is 0 Å². The normalized spacial score (nSPS) is 22.2. The van der Waals surface area contributed by atoms with E-state index in [9.17, 15) is 0 Å². The first-order valence-electron chi connectivity index (χ1n) is 10.0. The number of para-hydroxylation sites is 2. The fourth-order valence-electron chi connectivity index (χ4n) is 5.05. The molecule has 1 atom stereocenters. The fraction of sp³-hybridized carbons (Fsp3) is 0.231. The minimum Gasteiger partial charge on any atom is -0.355 e. The quantitative estimate of drug-likeness (QED) is 0.625. The Morgan fingerprint density at radius 2 is 1.59 bits per heavy atom. The maximum Gasteiger partial charge on any atom is 0.0704 e. The van der Waals surface area contributed by atoms with Crippen LogP contribution in [0.15, 0.2) is 96.1 Å². The van der Waals surface area contributed by atoms with Crippen LogP contribution in [0.2, 0.25) is 0 Å². The number of nitrogens with one attached hydrogen (secondary N) is 1. The maximum absolute atomic E-state index is 3.69. The van der Waals surface area contributed by atoms with Crippen LogP contribution in [0.25, 0.3) is 0 Å². The Bertz CT molecular complexity index is 957. The Kier molecular flexibility index (Phi) is 3.89. The lowest BCUT2D eigenvalue weighted by atomic mass is 9.58. The standard InChI is InChI=1S/C26H25N/c1-19-11-5-6-14-21(19)26(20-12-3-2-4-13-20)22-15-7-9-17-24(22)27-25-18-10-8-16-23(25)26/h3,5-10,12-19,27H,2,4,11H2,1H3. The van der Waals surface area contributed by atoms with E-state index in [-0.39, 0.29) is 5.41 Å². The van der Waals surface area contributed by atoms with Gasteiger partial charge in [0.2, 0.25) is 0 Å². The number of anilines is 2. The van der Waals surface area contributed by atoms with E-state index in [1.165, 1.54) is 33.6 Å². The minimum absolute atomic E-state index is 0.223. The largest absolute Gasteiger partial charge is 0.355 e. The molecule has 2 aromatic carbocycles. The summed E-state index contributed by atoms with van der Waals surface area (Å²) < 4.78 is 0. The second kappa shape index (κ2) is 6.42. The Hall–Kier alpha value is -2.80. The molecule has 1 N–H and O–H groups in total. The Balaban J connectivity index is 1.91. The summed E-state index contributed by atoms with van der Waals surface area (Å²) in [6.07, 6.45) is 17.4. The molecular weight excluding hydrogens is 326 g/mol. The third-order valence-electron chi connectivity index (χ3n) is 6.22. The number of benzene rings is 2. The summed E-state index contributed by atoms with van der Waals surface area (Å²) in [6, 6.07) is 17.7. The Morgan fingerprint density at radius 1 is 0.889 bits per heavy atom. The summed E-state index contributed by atoms with van der Waals surface area (Å²) in [7, 11) is 0. The lowest BCUT2D eigenvalue weighted by Crippen LogP contribution is -2.39. The zero-order chi connectivity index (χ0) is 18.3. The molecule has 2 aliphatic carbocycles. The smallest absolute Gasteiger partial charge is 0.0704 e. The second-order valence-electron chi connectivity index (χ2n) is 7.79. The molecule has 1 heterocycles. The van der Waals surface area contributed by atoms with E-state index in [2.05, 4.69) is 97.2 Å². The Morgan fingerprint density at radius 3 is 2.22 bits per heavy atom. The topological polar surface area (TPSA) is 12.0 Å².